The van der Waals surface area contributed by atoms with Gasteiger partial charge in [-0.15, -0.1) is 0 Å². The predicted molar refractivity (Wildman–Crippen MR) is 75.1 cm³/mol. The maximum absolute atomic E-state index is 11.8. The summed E-state index contributed by atoms with van der Waals surface area (Å²) >= 11 is 6.70. The van der Waals surface area contributed by atoms with Gasteiger partial charge in [0.25, 0.3) is 5.91 Å². The van der Waals surface area contributed by atoms with Crippen LogP contribution in [0.15, 0.2) is 27.1 Å². The molecular weight excluding hydrogens is 350 g/mol. The van der Waals surface area contributed by atoms with E-state index < -0.39 is 0 Å². The van der Waals surface area contributed by atoms with E-state index >= 15 is 0 Å². The molecule has 0 spiro atoms. The van der Waals surface area contributed by atoms with Gasteiger partial charge >= 0.3 is 0 Å². The number of aliphatic hydroxyl groups excluding tert-OH is 1. The number of amides is 1. The van der Waals surface area contributed by atoms with E-state index in [9.17, 15) is 4.79 Å². The first-order chi connectivity index (χ1) is 8.15. The molecule has 0 atom stereocenters. The topological polar surface area (TPSA) is 49.3 Å². The summed E-state index contributed by atoms with van der Waals surface area (Å²) < 4.78 is 1.71. The van der Waals surface area contributed by atoms with Crippen LogP contribution in [0.2, 0.25) is 0 Å². The minimum atomic E-state index is -0.0756. The number of nitrogens with one attached hydrogen (secondary N) is 1. The van der Waals surface area contributed by atoms with Gasteiger partial charge in [-0.1, -0.05) is 15.9 Å². The number of carbonyl (C=O) groups excluding carboxylic acids is 1. The van der Waals surface area contributed by atoms with Crippen LogP contribution in [0.4, 0.5) is 0 Å². The van der Waals surface area contributed by atoms with Gasteiger partial charge in [0.2, 0.25) is 0 Å². The van der Waals surface area contributed by atoms with Gasteiger partial charge in [0.15, 0.2) is 0 Å². The summed E-state index contributed by atoms with van der Waals surface area (Å²) in [6, 6.07) is 5.46. The van der Waals surface area contributed by atoms with Crippen molar-refractivity contribution in [3.63, 3.8) is 0 Å². The molecule has 0 unspecified atom stereocenters. The monoisotopic (exact) mass is 363 g/mol. The van der Waals surface area contributed by atoms with Crippen molar-refractivity contribution in [1.29, 1.82) is 0 Å². The highest BCUT2D eigenvalue weighted by atomic mass is 79.9. The molecule has 0 radical (unpaired) electrons. The van der Waals surface area contributed by atoms with Crippen molar-refractivity contribution in [3.8, 4) is 0 Å². The van der Waals surface area contributed by atoms with Crippen LogP contribution in [-0.2, 0) is 0 Å². The third-order valence-corrected chi connectivity index (χ3v) is 3.45. The van der Waals surface area contributed by atoms with E-state index in [0.717, 1.165) is 28.2 Å². The molecule has 3 nitrogen and oxygen atoms in total. The Morgan fingerprint density at radius 2 is 2.00 bits per heavy atom. The van der Waals surface area contributed by atoms with Crippen molar-refractivity contribution in [2.24, 2.45) is 0 Å². The van der Waals surface area contributed by atoms with Crippen LogP contribution in [0.5, 0.6) is 0 Å². The van der Waals surface area contributed by atoms with Crippen LogP contribution in [-0.4, -0.2) is 24.2 Å². The van der Waals surface area contributed by atoms with Crippen molar-refractivity contribution < 1.29 is 9.90 Å². The summed E-state index contributed by atoms with van der Waals surface area (Å²) in [7, 11) is 0. The quantitative estimate of drug-likeness (QED) is 0.762. The van der Waals surface area contributed by atoms with E-state index in [1.54, 1.807) is 6.07 Å². The fourth-order valence-electron chi connectivity index (χ4n) is 1.38. The van der Waals surface area contributed by atoms with Gasteiger partial charge in [-0.25, -0.2) is 0 Å². The van der Waals surface area contributed by atoms with Crippen molar-refractivity contribution in [2.45, 2.75) is 19.3 Å². The Hall–Kier alpha value is -0.390. The van der Waals surface area contributed by atoms with Crippen molar-refractivity contribution in [2.75, 3.05) is 13.2 Å². The molecule has 0 bridgehead atoms. The highest BCUT2D eigenvalue weighted by molar-refractivity contribution is 9.11. The SMILES string of the molecule is O=C(NCCCCCO)c1ccc(Br)cc1Br. The normalized spacial score (nSPS) is 10.3. The van der Waals surface area contributed by atoms with Crippen LogP contribution in [0, 0.1) is 0 Å². The Balaban J connectivity index is 2.42. The smallest absolute Gasteiger partial charge is 0.252 e. The molecule has 1 amide bonds. The van der Waals surface area contributed by atoms with E-state index in [2.05, 4.69) is 37.2 Å². The van der Waals surface area contributed by atoms with Gasteiger partial charge in [0.1, 0.15) is 0 Å². The second-order valence-electron chi connectivity index (χ2n) is 3.66. The lowest BCUT2D eigenvalue weighted by molar-refractivity contribution is 0.0952. The molecule has 1 aromatic rings. The minimum Gasteiger partial charge on any atom is -0.396 e. The molecular formula is C12H15Br2NO2. The molecule has 0 saturated carbocycles. The highest BCUT2D eigenvalue weighted by Crippen LogP contribution is 2.21. The van der Waals surface area contributed by atoms with E-state index in [0.29, 0.717) is 12.1 Å². The zero-order valence-electron chi connectivity index (χ0n) is 9.38. The largest absolute Gasteiger partial charge is 0.396 e. The Morgan fingerprint density at radius 1 is 1.24 bits per heavy atom. The number of benzene rings is 1. The lowest BCUT2D eigenvalue weighted by Gasteiger charge is -2.07. The molecule has 0 heterocycles. The maximum atomic E-state index is 11.8. The molecule has 1 rings (SSSR count). The van der Waals surface area contributed by atoms with Crippen LogP contribution < -0.4 is 5.32 Å². The predicted octanol–water partition coefficient (Wildman–Crippen LogP) is 3.10. The van der Waals surface area contributed by atoms with Crippen LogP contribution in [0.3, 0.4) is 0 Å². The van der Waals surface area contributed by atoms with Gasteiger partial charge in [0, 0.05) is 22.1 Å². The van der Waals surface area contributed by atoms with E-state index in [1.165, 1.54) is 0 Å². The molecule has 0 aliphatic rings. The standard InChI is InChI=1S/C12H15Br2NO2/c13-9-4-5-10(11(14)8-9)12(17)15-6-2-1-3-7-16/h4-5,8,16H,1-3,6-7H2,(H,15,17). The lowest BCUT2D eigenvalue weighted by atomic mass is 10.2. The molecule has 17 heavy (non-hydrogen) atoms. The first kappa shape index (κ1) is 14.7. The average Bonchev–Trinajstić information content (AvgIpc) is 2.28. The van der Waals surface area contributed by atoms with E-state index in [-0.39, 0.29) is 12.5 Å². The molecule has 1 aromatic carbocycles. The Morgan fingerprint density at radius 3 is 2.65 bits per heavy atom. The van der Waals surface area contributed by atoms with Crippen molar-refractivity contribution in [1.82, 2.24) is 5.32 Å². The Kier molecular flexibility index (Phi) is 6.77. The Labute approximate surface area is 118 Å². The van der Waals surface area contributed by atoms with Crippen LogP contribution in [0.1, 0.15) is 29.6 Å². The van der Waals surface area contributed by atoms with Gasteiger partial charge in [-0.2, -0.15) is 0 Å². The van der Waals surface area contributed by atoms with Crippen LogP contribution >= 0.6 is 31.9 Å². The summed E-state index contributed by atoms with van der Waals surface area (Å²) in [6.45, 7) is 0.855. The van der Waals surface area contributed by atoms with Crippen molar-refractivity contribution in [3.05, 3.63) is 32.7 Å². The Bertz CT molecular complexity index is 383. The molecule has 94 valence electrons. The molecule has 0 aliphatic heterocycles. The third kappa shape index (κ3) is 5.19. The molecule has 0 saturated heterocycles. The number of rotatable bonds is 6. The van der Waals surface area contributed by atoms with Gasteiger partial charge < -0.3 is 10.4 Å². The van der Waals surface area contributed by atoms with Gasteiger partial charge in [-0.05, 0) is 53.4 Å². The summed E-state index contributed by atoms with van der Waals surface area (Å²) in [6.07, 6.45) is 2.61. The van der Waals surface area contributed by atoms with Gasteiger partial charge in [0.05, 0.1) is 5.56 Å². The maximum Gasteiger partial charge on any atom is 0.252 e. The van der Waals surface area contributed by atoms with Crippen molar-refractivity contribution >= 4 is 37.8 Å². The summed E-state index contributed by atoms with van der Waals surface area (Å²) in [5.41, 5.74) is 0.635. The highest BCUT2D eigenvalue weighted by Gasteiger charge is 2.09. The first-order valence-electron chi connectivity index (χ1n) is 5.49. The number of halogens is 2. The van der Waals surface area contributed by atoms with Crippen LogP contribution in [0.25, 0.3) is 0 Å². The van der Waals surface area contributed by atoms with Gasteiger partial charge in [-0.3, -0.25) is 4.79 Å². The average molecular weight is 365 g/mol. The number of unbranched alkanes of at least 4 members (excludes halogenated alkanes) is 2. The molecule has 5 heteroatoms. The number of carbonyl (C=O) groups is 1. The second-order valence-corrected chi connectivity index (χ2v) is 5.43. The van der Waals surface area contributed by atoms with E-state index in [4.69, 9.17) is 5.11 Å². The summed E-state index contributed by atoms with van der Waals surface area (Å²) in [5.74, 6) is -0.0756. The molecule has 0 aliphatic carbocycles. The molecule has 2 N–H and O–H groups in total. The van der Waals surface area contributed by atoms with E-state index in [1.807, 2.05) is 12.1 Å². The molecule has 0 fully saturated rings. The lowest BCUT2D eigenvalue weighted by Crippen LogP contribution is -2.24. The zero-order chi connectivity index (χ0) is 12.7. The first-order valence-corrected chi connectivity index (χ1v) is 7.08. The number of hydrogen-bond acceptors (Lipinski definition) is 2. The third-order valence-electron chi connectivity index (χ3n) is 2.30. The minimum absolute atomic E-state index is 0.0756. The second kappa shape index (κ2) is 7.84. The fourth-order valence-corrected chi connectivity index (χ4v) is 2.61. The fraction of sp³-hybridized carbons (Fsp3) is 0.417. The summed E-state index contributed by atoms with van der Waals surface area (Å²) in [4.78, 5) is 11.8. The number of aliphatic hydroxyl groups is 1. The zero-order valence-corrected chi connectivity index (χ0v) is 12.6. The molecule has 0 aromatic heterocycles. The number of hydrogen-bond donors (Lipinski definition) is 2. The summed E-state index contributed by atoms with van der Waals surface area (Å²) in [5, 5.41) is 11.5.